The summed E-state index contributed by atoms with van der Waals surface area (Å²) in [6.45, 7) is 1.18. The molecule has 6 aromatic rings. The zero-order chi connectivity index (χ0) is 25.4. The second-order valence-corrected chi connectivity index (χ2v) is 8.90. The minimum atomic E-state index is -0.378. The molecule has 184 valence electrons. The molecule has 0 aliphatic heterocycles. The van der Waals surface area contributed by atoms with Gasteiger partial charge in [-0.1, -0.05) is 0 Å². The summed E-state index contributed by atoms with van der Waals surface area (Å²) in [5.74, 6) is 0.650. The van der Waals surface area contributed by atoms with E-state index < -0.39 is 0 Å². The van der Waals surface area contributed by atoms with Gasteiger partial charge < -0.3 is 14.6 Å². The lowest BCUT2D eigenvalue weighted by Crippen LogP contribution is -2.19. The van der Waals surface area contributed by atoms with Crippen LogP contribution in [0, 0.1) is 5.82 Å². The van der Waals surface area contributed by atoms with Gasteiger partial charge in [0.1, 0.15) is 23.9 Å². The molecule has 0 saturated heterocycles. The van der Waals surface area contributed by atoms with Gasteiger partial charge in [-0.05, 0) is 61.6 Å². The van der Waals surface area contributed by atoms with Gasteiger partial charge in [0, 0.05) is 48.5 Å². The summed E-state index contributed by atoms with van der Waals surface area (Å²) in [5.41, 5.74) is 5.82. The second-order valence-electron chi connectivity index (χ2n) is 8.90. The van der Waals surface area contributed by atoms with Crippen LogP contribution < -0.4 is 4.74 Å². The summed E-state index contributed by atoms with van der Waals surface area (Å²) < 4.78 is 20.3. The molecule has 2 N–H and O–H groups in total. The predicted molar refractivity (Wildman–Crippen MR) is 139 cm³/mol. The number of aromatic amines is 2. The Kier molecular flexibility index (Phi) is 5.78. The molecule has 0 fully saturated rings. The molecule has 0 saturated carbocycles. The van der Waals surface area contributed by atoms with Crippen LogP contribution in [-0.4, -0.2) is 67.3 Å². The Labute approximate surface area is 211 Å². The van der Waals surface area contributed by atoms with Crippen LogP contribution in [0.25, 0.3) is 56.0 Å². The van der Waals surface area contributed by atoms with Crippen molar-refractivity contribution in [1.82, 2.24) is 40.0 Å². The number of fused-ring (bicyclic) bond motifs is 2. The van der Waals surface area contributed by atoms with Gasteiger partial charge in [-0.3, -0.25) is 10.1 Å². The van der Waals surface area contributed by atoms with Gasteiger partial charge in [0.25, 0.3) is 0 Å². The monoisotopic (exact) mass is 494 g/mol. The second kappa shape index (κ2) is 9.40. The van der Waals surface area contributed by atoms with Crippen LogP contribution in [0.5, 0.6) is 5.75 Å². The van der Waals surface area contributed by atoms with Crippen LogP contribution in [0.4, 0.5) is 4.39 Å². The molecule has 9 nitrogen and oxygen atoms in total. The van der Waals surface area contributed by atoms with Crippen molar-refractivity contribution in [1.29, 1.82) is 0 Å². The number of halogens is 1. The molecule has 5 heterocycles. The lowest BCUT2D eigenvalue weighted by atomic mass is 10.1. The van der Waals surface area contributed by atoms with Gasteiger partial charge in [-0.2, -0.15) is 5.10 Å². The highest BCUT2D eigenvalue weighted by atomic mass is 19.1. The van der Waals surface area contributed by atoms with Gasteiger partial charge >= 0.3 is 0 Å². The average molecular weight is 495 g/mol. The standard InChI is InChI=1S/C27H23FN8O/c1-36(2)9-10-37-20-12-17(11-19(28)14-20)21-5-8-30-26-23(21)32-27(33-26)24-22-13-18(15-31-25(22)35-34-24)16-3-6-29-7-4-16/h3-8,11-15H,9-10H2,1-2H3,(H,30,32,33)(H,31,34,35). The third kappa shape index (κ3) is 4.50. The van der Waals surface area contributed by atoms with E-state index in [2.05, 4.69) is 30.1 Å². The van der Waals surface area contributed by atoms with Crippen LogP contribution >= 0.6 is 0 Å². The summed E-state index contributed by atoms with van der Waals surface area (Å²) >= 11 is 0. The third-order valence-electron chi connectivity index (χ3n) is 6.04. The number of hydrogen-bond acceptors (Lipinski definition) is 7. The average Bonchev–Trinajstić information content (AvgIpc) is 3.52. The Bertz CT molecular complexity index is 1710. The van der Waals surface area contributed by atoms with E-state index >= 15 is 0 Å². The molecule has 1 aromatic carbocycles. The highest BCUT2D eigenvalue weighted by Gasteiger charge is 2.17. The first-order chi connectivity index (χ1) is 18.0. The SMILES string of the molecule is CN(C)CCOc1cc(F)cc(-c2ccnc3nc(-c4[nH]nc5ncc(-c6ccncc6)cc45)[nH]c23)c1. The van der Waals surface area contributed by atoms with Crippen molar-refractivity contribution >= 4 is 22.2 Å². The van der Waals surface area contributed by atoms with E-state index in [-0.39, 0.29) is 5.82 Å². The summed E-state index contributed by atoms with van der Waals surface area (Å²) in [4.78, 5) is 23.1. The maximum Gasteiger partial charge on any atom is 0.181 e. The van der Waals surface area contributed by atoms with Crippen molar-refractivity contribution in [3.05, 3.63) is 73.1 Å². The van der Waals surface area contributed by atoms with Gasteiger partial charge in [-0.15, -0.1) is 0 Å². The topological polar surface area (TPSA) is 108 Å². The largest absolute Gasteiger partial charge is 0.492 e. The van der Waals surface area contributed by atoms with Gasteiger partial charge in [0.15, 0.2) is 17.1 Å². The number of imidazole rings is 1. The van der Waals surface area contributed by atoms with Crippen molar-refractivity contribution < 1.29 is 9.13 Å². The zero-order valence-electron chi connectivity index (χ0n) is 20.2. The van der Waals surface area contributed by atoms with E-state index in [0.717, 1.165) is 28.6 Å². The quantitative estimate of drug-likeness (QED) is 0.331. The zero-order valence-corrected chi connectivity index (χ0v) is 20.2. The lowest BCUT2D eigenvalue weighted by Gasteiger charge is -2.12. The number of nitrogens with one attached hydrogen (secondary N) is 2. The van der Waals surface area contributed by atoms with Gasteiger partial charge in [0.2, 0.25) is 0 Å². The van der Waals surface area contributed by atoms with Gasteiger partial charge in [-0.25, -0.2) is 19.3 Å². The number of ether oxygens (including phenoxy) is 1. The van der Waals surface area contributed by atoms with Crippen LogP contribution in [0.1, 0.15) is 0 Å². The molecule has 0 bridgehead atoms. The Morgan fingerprint density at radius 1 is 0.919 bits per heavy atom. The number of hydrogen-bond donors (Lipinski definition) is 2. The number of nitrogens with zero attached hydrogens (tertiary/aromatic N) is 6. The lowest BCUT2D eigenvalue weighted by molar-refractivity contribution is 0.260. The molecule has 0 atom stereocenters. The van der Waals surface area contributed by atoms with Crippen LogP contribution in [0.3, 0.4) is 0 Å². The van der Waals surface area contributed by atoms with E-state index in [1.165, 1.54) is 12.1 Å². The van der Waals surface area contributed by atoms with Crippen molar-refractivity contribution in [3.63, 3.8) is 0 Å². The van der Waals surface area contributed by atoms with Crippen LogP contribution in [-0.2, 0) is 0 Å². The minimum Gasteiger partial charge on any atom is -0.492 e. The first-order valence-electron chi connectivity index (χ1n) is 11.7. The summed E-state index contributed by atoms with van der Waals surface area (Å²) in [7, 11) is 3.92. The fourth-order valence-corrected chi connectivity index (χ4v) is 4.20. The fourth-order valence-electron chi connectivity index (χ4n) is 4.20. The van der Waals surface area contributed by atoms with Crippen molar-refractivity contribution in [2.75, 3.05) is 27.2 Å². The highest BCUT2D eigenvalue weighted by Crippen LogP contribution is 2.33. The minimum absolute atomic E-state index is 0.378. The molecule has 0 unspecified atom stereocenters. The van der Waals surface area contributed by atoms with Gasteiger partial charge in [0.05, 0.1) is 10.9 Å². The molecular weight excluding hydrogens is 471 g/mol. The molecular formula is C27H23FN8O. The van der Waals surface area contributed by atoms with E-state index in [1.54, 1.807) is 24.8 Å². The summed E-state index contributed by atoms with van der Waals surface area (Å²) in [6, 6.07) is 12.4. The van der Waals surface area contributed by atoms with E-state index in [4.69, 9.17) is 9.72 Å². The predicted octanol–water partition coefficient (Wildman–Crippen LogP) is 4.70. The van der Waals surface area contributed by atoms with Crippen molar-refractivity contribution in [2.45, 2.75) is 0 Å². The molecule has 37 heavy (non-hydrogen) atoms. The highest BCUT2D eigenvalue weighted by molar-refractivity contribution is 5.96. The smallest absolute Gasteiger partial charge is 0.181 e. The molecule has 0 spiro atoms. The van der Waals surface area contributed by atoms with Crippen molar-refractivity contribution in [3.8, 4) is 39.5 Å². The van der Waals surface area contributed by atoms with Crippen LogP contribution in [0.15, 0.2) is 67.3 Å². The molecule has 0 radical (unpaired) electrons. The van der Waals surface area contributed by atoms with Crippen molar-refractivity contribution in [2.24, 2.45) is 0 Å². The fraction of sp³-hybridized carbons (Fsp3) is 0.148. The maximum absolute atomic E-state index is 14.5. The Balaban J connectivity index is 1.41. The molecule has 10 heteroatoms. The molecule has 0 aliphatic carbocycles. The number of H-pyrrole nitrogens is 2. The molecule has 5 aromatic heterocycles. The van der Waals surface area contributed by atoms with E-state index in [9.17, 15) is 4.39 Å². The molecule has 6 rings (SSSR count). The number of benzene rings is 1. The first-order valence-corrected chi connectivity index (χ1v) is 11.7. The van der Waals surface area contributed by atoms with E-state index in [1.807, 2.05) is 49.3 Å². The Hall–Kier alpha value is -4.70. The number of aromatic nitrogens is 7. The number of likely N-dealkylation sites (N-methyl/N-ethyl adjacent to an activating group) is 1. The summed E-state index contributed by atoms with van der Waals surface area (Å²) in [5, 5.41) is 8.21. The molecule has 0 aliphatic rings. The molecule has 0 amide bonds. The third-order valence-corrected chi connectivity index (χ3v) is 6.04. The van der Waals surface area contributed by atoms with Crippen LogP contribution in [0.2, 0.25) is 0 Å². The Morgan fingerprint density at radius 2 is 1.78 bits per heavy atom. The normalized spacial score (nSPS) is 11.6. The maximum atomic E-state index is 14.5. The first kappa shape index (κ1) is 22.7. The Morgan fingerprint density at radius 3 is 2.62 bits per heavy atom. The summed E-state index contributed by atoms with van der Waals surface area (Å²) in [6.07, 6.45) is 6.93. The number of pyridine rings is 3. The number of rotatable bonds is 7. The van der Waals surface area contributed by atoms with E-state index in [0.29, 0.717) is 46.2 Å².